The standard InChI is InChI=1S/C14H23N3O3/c1-4-8-15-13-7-5-6-12(17-13)14(18)16-9-11(20-3)10-19-2/h5-7,11H,4,8-10H2,1-3H3,(H,15,17)(H,16,18). The van der Waals surface area contributed by atoms with E-state index in [9.17, 15) is 4.79 Å². The molecule has 0 fully saturated rings. The molecule has 0 aliphatic rings. The number of methoxy groups -OCH3 is 2. The summed E-state index contributed by atoms with van der Waals surface area (Å²) in [6.07, 6.45) is 0.843. The lowest BCUT2D eigenvalue weighted by Crippen LogP contribution is -2.36. The highest BCUT2D eigenvalue weighted by atomic mass is 16.5. The van der Waals surface area contributed by atoms with E-state index in [0.29, 0.717) is 24.7 Å². The molecule has 0 aromatic carbocycles. The molecule has 1 amide bonds. The molecular formula is C14H23N3O3. The van der Waals surface area contributed by atoms with Gasteiger partial charge < -0.3 is 20.1 Å². The van der Waals surface area contributed by atoms with Crippen LogP contribution in [0.2, 0.25) is 0 Å². The molecule has 0 radical (unpaired) electrons. The Hall–Kier alpha value is -1.66. The number of hydrogen-bond acceptors (Lipinski definition) is 5. The van der Waals surface area contributed by atoms with E-state index < -0.39 is 0 Å². The number of aromatic nitrogens is 1. The number of rotatable bonds is 9. The molecule has 1 aromatic rings. The van der Waals surface area contributed by atoms with Crippen LogP contribution in [0.15, 0.2) is 18.2 Å². The maximum atomic E-state index is 12.0. The van der Waals surface area contributed by atoms with Gasteiger partial charge in [-0.25, -0.2) is 4.98 Å². The number of carbonyl (C=O) groups is 1. The Morgan fingerprint density at radius 1 is 1.40 bits per heavy atom. The van der Waals surface area contributed by atoms with Gasteiger partial charge in [-0.1, -0.05) is 13.0 Å². The molecule has 6 nitrogen and oxygen atoms in total. The molecule has 2 N–H and O–H groups in total. The fourth-order valence-electron chi connectivity index (χ4n) is 1.61. The van der Waals surface area contributed by atoms with Gasteiger partial charge in [0.15, 0.2) is 0 Å². The van der Waals surface area contributed by atoms with Crippen LogP contribution in [0, 0.1) is 0 Å². The predicted molar refractivity (Wildman–Crippen MR) is 78.0 cm³/mol. The normalized spacial score (nSPS) is 11.9. The molecule has 0 aliphatic carbocycles. The van der Waals surface area contributed by atoms with E-state index >= 15 is 0 Å². The molecule has 1 rings (SSSR count). The summed E-state index contributed by atoms with van der Waals surface area (Å²) in [7, 11) is 3.18. The molecule has 6 heteroatoms. The number of carbonyl (C=O) groups excluding carboxylic acids is 1. The molecule has 0 bridgehead atoms. The number of amides is 1. The quantitative estimate of drug-likeness (QED) is 0.713. The Morgan fingerprint density at radius 3 is 2.85 bits per heavy atom. The van der Waals surface area contributed by atoms with Gasteiger partial charge in [0.05, 0.1) is 12.7 Å². The van der Waals surface area contributed by atoms with Crippen LogP contribution in [-0.4, -0.2) is 50.9 Å². The fourth-order valence-corrected chi connectivity index (χ4v) is 1.61. The summed E-state index contributed by atoms with van der Waals surface area (Å²) < 4.78 is 10.2. The van der Waals surface area contributed by atoms with Crippen LogP contribution in [0.25, 0.3) is 0 Å². The molecule has 0 saturated carbocycles. The van der Waals surface area contributed by atoms with Gasteiger partial charge >= 0.3 is 0 Å². The van der Waals surface area contributed by atoms with Crippen LogP contribution in [-0.2, 0) is 9.47 Å². The maximum absolute atomic E-state index is 12.0. The molecule has 0 aliphatic heterocycles. The Labute approximate surface area is 119 Å². The zero-order chi connectivity index (χ0) is 14.8. The van der Waals surface area contributed by atoms with Crippen LogP contribution >= 0.6 is 0 Å². The van der Waals surface area contributed by atoms with E-state index in [1.54, 1.807) is 20.3 Å². The first kappa shape index (κ1) is 16.4. The topological polar surface area (TPSA) is 72.5 Å². The average molecular weight is 281 g/mol. The first-order chi connectivity index (χ1) is 9.71. The second-order valence-electron chi connectivity index (χ2n) is 4.36. The smallest absolute Gasteiger partial charge is 0.270 e. The summed E-state index contributed by atoms with van der Waals surface area (Å²) in [5.74, 6) is 0.489. The van der Waals surface area contributed by atoms with Crippen molar-refractivity contribution < 1.29 is 14.3 Å². The minimum absolute atomic E-state index is 0.162. The molecule has 1 unspecified atom stereocenters. The lowest BCUT2D eigenvalue weighted by molar-refractivity contribution is 0.0285. The molecular weight excluding hydrogens is 258 g/mol. The van der Waals surface area contributed by atoms with Crippen molar-refractivity contribution in [3.8, 4) is 0 Å². The zero-order valence-electron chi connectivity index (χ0n) is 12.3. The van der Waals surface area contributed by atoms with Gasteiger partial charge in [-0.05, 0) is 18.6 Å². The maximum Gasteiger partial charge on any atom is 0.270 e. The highest BCUT2D eigenvalue weighted by molar-refractivity contribution is 5.92. The largest absolute Gasteiger partial charge is 0.382 e. The van der Waals surface area contributed by atoms with Crippen LogP contribution in [0.1, 0.15) is 23.8 Å². The zero-order valence-corrected chi connectivity index (χ0v) is 12.3. The third-order valence-electron chi connectivity index (χ3n) is 2.71. The van der Waals surface area contributed by atoms with Crippen LogP contribution in [0.5, 0.6) is 0 Å². The lowest BCUT2D eigenvalue weighted by atomic mass is 10.3. The Balaban J connectivity index is 2.54. The number of pyridine rings is 1. The lowest BCUT2D eigenvalue weighted by Gasteiger charge is -2.15. The number of nitrogens with one attached hydrogen (secondary N) is 2. The summed E-state index contributed by atoms with van der Waals surface area (Å²) in [6, 6.07) is 5.34. The fraction of sp³-hybridized carbons (Fsp3) is 0.571. The molecule has 1 aromatic heterocycles. The van der Waals surface area contributed by atoms with Gasteiger partial charge in [-0.3, -0.25) is 4.79 Å². The third kappa shape index (κ3) is 5.54. The van der Waals surface area contributed by atoms with Gasteiger partial charge in [0.25, 0.3) is 5.91 Å². The van der Waals surface area contributed by atoms with Crippen molar-refractivity contribution in [3.63, 3.8) is 0 Å². The van der Waals surface area contributed by atoms with E-state index in [4.69, 9.17) is 9.47 Å². The molecule has 1 atom stereocenters. The molecule has 20 heavy (non-hydrogen) atoms. The number of nitrogens with zero attached hydrogens (tertiary/aromatic N) is 1. The van der Waals surface area contributed by atoms with E-state index in [2.05, 4.69) is 22.5 Å². The summed E-state index contributed by atoms with van der Waals surface area (Å²) in [6.45, 7) is 3.72. The van der Waals surface area contributed by atoms with Gasteiger partial charge in [-0.2, -0.15) is 0 Å². The summed E-state index contributed by atoms with van der Waals surface area (Å²) >= 11 is 0. The summed E-state index contributed by atoms with van der Waals surface area (Å²) in [5.41, 5.74) is 0.387. The number of anilines is 1. The van der Waals surface area contributed by atoms with Crippen LogP contribution < -0.4 is 10.6 Å². The first-order valence-corrected chi connectivity index (χ1v) is 6.72. The minimum Gasteiger partial charge on any atom is -0.382 e. The minimum atomic E-state index is -0.219. The highest BCUT2D eigenvalue weighted by Gasteiger charge is 2.12. The van der Waals surface area contributed by atoms with Crippen molar-refractivity contribution in [2.75, 3.05) is 39.2 Å². The van der Waals surface area contributed by atoms with Crippen molar-refractivity contribution >= 4 is 11.7 Å². The molecule has 1 heterocycles. The second kappa shape index (κ2) is 9.28. The molecule has 0 saturated heterocycles. The average Bonchev–Trinajstić information content (AvgIpc) is 2.49. The first-order valence-electron chi connectivity index (χ1n) is 6.72. The Kier molecular flexibility index (Phi) is 7.60. The van der Waals surface area contributed by atoms with Crippen molar-refractivity contribution in [2.24, 2.45) is 0 Å². The summed E-state index contributed by atoms with van der Waals surface area (Å²) in [4.78, 5) is 16.3. The monoisotopic (exact) mass is 281 g/mol. The van der Waals surface area contributed by atoms with E-state index in [1.165, 1.54) is 0 Å². The SMILES string of the molecule is CCCNc1cccc(C(=O)NCC(COC)OC)n1. The number of ether oxygens (including phenoxy) is 2. The van der Waals surface area contributed by atoms with Crippen molar-refractivity contribution in [1.82, 2.24) is 10.3 Å². The second-order valence-corrected chi connectivity index (χ2v) is 4.36. The van der Waals surface area contributed by atoms with Crippen molar-refractivity contribution in [1.29, 1.82) is 0 Å². The molecule has 112 valence electrons. The van der Waals surface area contributed by atoms with Crippen molar-refractivity contribution in [2.45, 2.75) is 19.4 Å². The van der Waals surface area contributed by atoms with E-state index in [0.717, 1.165) is 13.0 Å². The van der Waals surface area contributed by atoms with Crippen LogP contribution in [0.3, 0.4) is 0 Å². The third-order valence-corrected chi connectivity index (χ3v) is 2.71. The predicted octanol–water partition coefficient (Wildman–Crippen LogP) is 1.29. The van der Waals surface area contributed by atoms with Crippen molar-refractivity contribution in [3.05, 3.63) is 23.9 Å². The Bertz CT molecular complexity index is 412. The summed E-state index contributed by atoms with van der Waals surface area (Å²) in [5, 5.41) is 5.93. The highest BCUT2D eigenvalue weighted by Crippen LogP contribution is 2.05. The van der Waals surface area contributed by atoms with E-state index in [1.807, 2.05) is 12.1 Å². The Morgan fingerprint density at radius 2 is 2.20 bits per heavy atom. The van der Waals surface area contributed by atoms with E-state index in [-0.39, 0.29) is 12.0 Å². The molecule has 0 spiro atoms. The van der Waals surface area contributed by atoms with Gasteiger partial charge in [0.1, 0.15) is 11.5 Å². The number of hydrogen-bond donors (Lipinski definition) is 2. The van der Waals surface area contributed by atoms with Gasteiger partial charge in [0, 0.05) is 27.3 Å². The van der Waals surface area contributed by atoms with Gasteiger partial charge in [0.2, 0.25) is 0 Å². The van der Waals surface area contributed by atoms with Gasteiger partial charge in [-0.15, -0.1) is 0 Å². The van der Waals surface area contributed by atoms with Crippen LogP contribution in [0.4, 0.5) is 5.82 Å².